The van der Waals surface area contributed by atoms with Crippen molar-refractivity contribution in [1.82, 2.24) is 0 Å². The highest BCUT2D eigenvalue weighted by molar-refractivity contribution is 7.36. The zero-order chi connectivity index (χ0) is 8.36. The number of rotatable bonds is 2. The van der Waals surface area contributed by atoms with Gasteiger partial charge in [-0.3, -0.25) is 0 Å². The van der Waals surface area contributed by atoms with E-state index in [1.165, 1.54) is 0 Å². The molecule has 0 aromatic rings. The van der Waals surface area contributed by atoms with Gasteiger partial charge in [0.1, 0.15) is 0 Å². The van der Waals surface area contributed by atoms with Gasteiger partial charge in [-0.25, -0.2) is 0 Å². The van der Waals surface area contributed by atoms with Gasteiger partial charge in [0.2, 0.25) is 0 Å². The van der Waals surface area contributed by atoms with Gasteiger partial charge < -0.3 is 14.3 Å². The van der Waals surface area contributed by atoms with E-state index in [0.717, 1.165) is 0 Å². The maximum atomic E-state index is 11.4. The van der Waals surface area contributed by atoms with Crippen molar-refractivity contribution in [2.75, 3.05) is 0 Å². The van der Waals surface area contributed by atoms with Crippen LogP contribution in [0.15, 0.2) is 0 Å². The van der Waals surface area contributed by atoms with Crippen molar-refractivity contribution in [3.8, 4) is 0 Å². The Labute approximate surface area is 56.4 Å². The first-order valence-corrected chi connectivity index (χ1v) is 3.31. The fourth-order valence-corrected chi connectivity index (χ4v) is 0.567. The van der Waals surface area contributed by atoms with Gasteiger partial charge in [-0.15, -0.1) is 0 Å². The minimum atomic E-state index is -4.62. The summed E-state index contributed by atoms with van der Waals surface area (Å²) in [6.45, 7) is 0.616. The molecule has 0 spiro atoms. The van der Waals surface area contributed by atoms with Crippen LogP contribution < -0.4 is 9.79 Å². The largest absolute Gasteiger partial charge is 0.820 e. The molecule has 0 radical (unpaired) electrons. The maximum absolute atomic E-state index is 11.4. The van der Waals surface area contributed by atoms with Gasteiger partial charge in [0, 0.05) is 0 Å². The first kappa shape index (κ1) is 10.1. The molecule has 0 saturated heterocycles. The standard InChI is InChI=1S/C3H4F3O3P/c1-2(3(4,5)6)9-10(7)8/h2H,1H3/q-2. The minimum absolute atomic E-state index is 0.616. The molecule has 0 bridgehead atoms. The van der Waals surface area contributed by atoms with Crippen LogP contribution in [0.2, 0.25) is 0 Å². The summed E-state index contributed by atoms with van der Waals surface area (Å²) in [7, 11) is -3.42. The van der Waals surface area contributed by atoms with E-state index in [4.69, 9.17) is 0 Å². The summed E-state index contributed by atoms with van der Waals surface area (Å²) in [4.78, 5) is 19.1. The van der Waals surface area contributed by atoms with Gasteiger partial charge >= 0.3 is 6.18 Å². The van der Waals surface area contributed by atoms with Gasteiger partial charge in [-0.2, -0.15) is 21.8 Å². The van der Waals surface area contributed by atoms with Crippen LogP contribution in [0.5, 0.6) is 0 Å². The molecule has 62 valence electrons. The van der Waals surface area contributed by atoms with Crippen molar-refractivity contribution < 1.29 is 27.5 Å². The van der Waals surface area contributed by atoms with E-state index in [-0.39, 0.29) is 0 Å². The SMILES string of the molecule is CC(OP([O-])[O-])C(F)(F)F. The van der Waals surface area contributed by atoms with E-state index >= 15 is 0 Å². The molecule has 0 aromatic carbocycles. The van der Waals surface area contributed by atoms with Crippen molar-refractivity contribution >= 4 is 8.60 Å². The number of alkyl halides is 3. The monoisotopic (exact) mass is 176 g/mol. The predicted octanol–water partition coefficient (Wildman–Crippen LogP) is -0.0987. The van der Waals surface area contributed by atoms with Crippen LogP contribution in [-0.2, 0) is 4.52 Å². The van der Waals surface area contributed by atoms with Crippen LogP contribution in [0.1, 0.15) is 6.92 Å². The Morgan fingerprint density at radius 3 is 1.90 bits per heavy atom. The molecule has 7 heteroatoms. The Morgan fingerprint density at radius 2 is 1.80 bits per heavy atom. The molecule has 3 nitrogen and oxygen atoms in total. The van der Waals surface area contributed by atoms with Crippen molar-refractivity contribution in [2.45, 2.75) is 19.2 Å². The lowest BCUT2D eigenvalue weighted by Crippen LogP contribution is -2.30. The molecule has 1 atom stereocenters. The second kappa shape index (κ2) is 3.48. The Morgan fingerprint density at radius 1 is 1.40 bits per heavy atom. The molecule has 0 fully saturated rings. The van der Waals surface area contributed by atoms with Gasteiger partial charge in [0.05, 0.1) is 0 Å². The van der Waals surface area contributed by atoms with E-state index in [1.54, 1.807) is 0 Å². The Kier molecular flexibility index (Phi) is 3.51. The molecule has 10 heavy (non-hydrogen) atoms. The first-order valence-electron chi connectivity index (χ1n) is 2.22. The lowest BCUT2D eigenvalue weighted by molar-refractivity contribution is -0.330. The third-order valence-electron chi connectivity index (χ3n) is 0.705. The van der Waals surface area contributed by atoms with Gasteiger partial charge in [-0.1, -0.05) is 0 Å². The highest BCUT2D eigenvalue weighted by Crippen LogP contribution is 2.28. The summed E-state index contributed by atoms with van der Waals surface area (Å²) in [5.74, 6) is 0. The van der Waals surface area contributed by atoms with Gasteiger partial charge in [0.15, 0.2) is 6.10 Å². The summed E-state index contributed by atoms with van der Waals surface area (Å²) in [6, 6.07) is 0. The number of hydrogen-bond acceptors (Lipinski definition) is 3. The quantitative estimate of drug-likeness (QED) is 0.552. The average molecular weight is 176 g/mol. The summed E-state index contributed by atoms with van der Waals surface area (Å²) in [6.07, 6.45) is -6.87. The van der Waals surface area contributed by atoms with Crippen molar-refractivity contribution in [3.63, 3.8) is 0 Å². The van der Waals surface area contributed by atoms with E-state index in [9.17, 15) is 23.0 Å². The van der Waals surface area contributed by atoms with Crippen molar-refractivity contribution in [2.24, 2.45) is 0 Å². The summed E-state index contributed by atoms with van der Waals surface area (Å²) in [5, 5.41) is 0. The normalized spacial score (nSPS) is 15.9. The topological polar surface area (TPSA) is 55.3 Å². The highest BCUT2D eigenvalue weighted by atomic mass is 31.2. The molecule has 0 amide bonds. The second-order valence-corrected chi connectivity index (χ2v) is 2.17. The fraction of sp³-hybridized carbons (Fsp3) is 1.00. The molecule has 0 saturated carbocycles. The second-order valence-electron chi connectivity index (χ2n) is 1.51. The summed E-state index contributed by atoms with van der Waals surface area (Å²) in [5.41, 5.74) is 0. The maximum Gasteiger partial charge on any atom is 0.414 e. The van der Waals surface area contributed by atoms with Crippen LogP contribution in [0, 0.1) is 0 Å². The van der Waals surface area contributed by atoms with Gasteiger partial charge in [-0.05, 0) is 6.92 Å². The van der Waals surface area contributed by atoms with Crippen LogP contribution in [-0.4, -0.2) is 12.3 Å². The number of halogens is 3. The molecule has 0 N–H and O–H groups in total. The van der Waals surface area contributed by atoms with Crippen LogP contribution in [0.3, 0.4) is 0 Å². The third kappa shape index (κ3) is 4.00. The van der Waals surface area contributed by atoms with E-state index in [1.807, 2.05) is 0 Å². The molecule has 0 aliphatic carbocycles. The molecule has 0 heterocycles. The summed E-state index contributed by atoms with van der Waals surface area (Å²) >= 11 is 0. The van der Waals surface area contributed by atoms with Crippen molar-refractivity contribution in [1.29, 1.82) is 0 Å². The predicted molar refractivity (Wildman–Crippen MR) is 23.5 cm³/mol. The molecule has 0 rings (SSSR count). The lowest BCUT2D eigenvalue weighted by Gasteiger charge is -2.33. The van der Waals surface area contributed by atoms with Gasteiger partial charge in [0.25, 0.3) is 0 Å². The lowest BCUT2D eigenvalue weighted by atomic mass is 10.4. The smallest absolute Gasteiger partial charge is 0.414 e. The fourth-order valence-electron chi connectivity index (χ4n) is 0.189. The third-order valence-corrected chi connectivity index (χ3v) is 1.19. The van der Waals surface area contributed by atoms with E-state index < -0.39 is 20.9 Å². The molecular formula is C3H4F3O3P-2. The van der Waals surface area contributed by atoms with E-state index in [0.29, 0.717) is 6.92 Å². The zero-order valence-electron chi connectivity index (χ0n) is 4.88. The Balaban J connectivity index is 3.73. The van der Waals surface area contributed by atoms with Crippen LogP contribution >= 0.6 is 8.60 Å². The molecule has 0 aliphatic rings. The molecular weight excluding hydrogens is 172 g/mol. The minimum Gasteiger partial charge on any atom is -0.820 e. The average Bonchev–Trinajstić information content (AvgIpc) is 1.60. The van der Waals surface area contributed by atoms with Crippen molar-refractivity contribution in [3.05, 3.63) is 0 Å². The van der Waals surface area contributed by atoms with Crippen LogP contribution in [0.25, 0.3) is 0 Å². The number of hydrogen-bond donors (Lipinski definition) is 0. The molecule has 0 aliphatic heterocycles. The Bertz CT molecular complexity index is 104. The summed E-state index contributed by atoms with van der Waals surface area (Å²) < 4.78 is 37.7. The molecule has 0 aromatic heterocycles. The highest BCUT2D eigenvalue weighted by Gasteiger charge is 2.36. The Hall–Kier alpha value is 0.100. The molecule has 1 unspecified atom stereocenters. The zero-order valence-corrected chi connectivity index (χ0v) is 5.78. The van der Waals surface area contributed by atoms with Crippen LogP contribution in [0.4, 0.5) is 13.2 Å². The van der Waals surface area contributed by atoms with E-state index in [2.05, 4.69) is 4.52 Å². The first-order chi connectivity index (χ1) is 4.34.